The first kappa shape index (κ1) is 34.8. The number of fused-ring (bicyclic) bond motifs is 3. The van der Waals surface area contributed by atoms with E-state index in [2.05, 4.69) is 0 Å². The Morgan fingerprint density at radius 2 is 1.80 bits per heavy atom. The van der Waals surface area contributed by atoms with Crippen LogP contribution in [-0.2, 0) is 37.7 Å². The van der Waals surface area contributed by atoms with Crippen molar-refractivity contribution in [3.63, 3.8) is 0 Å². The number of halogens is 5. The first-order valence-electron chi connectivity index (χ1n) is 16.7. The fourth-order valence-electron chi connectivity index (χ4n) is 7.13. The Balaban J connectivity index is 1.45. The van der Waals surface area contributed by atoms with Crippen LogP contribution in [0.5, 0.6) is 5.75 Å². The molecular weight excluding hydrogens is 660 g/mol. The molecule has 0 radical (unpaired) electrons. The molecule has 2 aromatic heterocycles. The van der Waals surface area contributed by atoms with Crippen LogP contribution in [0.25, 0.3) is 32.8 Å². The SMILES string of the molecule is CCOC(=O)c1c(CCCOc2cccc3cc(F)ccc23)c2ccc(Cl)c3c2n1CCCCN(CC(F)(F)F)Cc1nn(C)c(CC)c1-3. The highest BCUT2D eigenvalue weighted by Gasteiger charge is 2.34. The average molecular weight is 699 g/mol. The van der Waals surface area contributed by atoms with Gasteiger partial charge in [-0.1, -0.05) is 36.7 Å². The van der Waals surface area contributed by atoms with Gasteiger partial charge in [-0.15, -0.1) is 0 Å². The summed E-state index contributed by atoms with van der Waals surface area (Å²) in [6.07, 6.45) is -1.74. The fraction of sp³-hybridized carbons (Fsp3) is 0.405. The van der Waals surface area contributed by atoms with Gasteiger partial charge in [0.15, 0.2) is 0 Å². The lowest BCUT2D eigenvalue weighted by Crippen LogP contribution is -2.35. The number of rotatable bonds is 9. The summed E-state index contributed by atoms with van der Waals surface area (Å²) in [7, 11) is 1.79. The van der Waals surface area contributed by atoms with E-state index in [1.165, 1.54) is 17.0 Å². The summed E-state index contributed by atoms with van der Waals surface area (Å²) in [5, 5.41) is 7.53. The molecule has 1 aliphatic rings. The van der Waals surface area contributed by atoms with E-state index in [1.54, 1.807) is 30.8 Å². The molecule has 0 fully saturated rings. The maximum atomic E-state index is 13.8. The Labute approximate surface area is 287 Å². The van der Waals surface area contributed by atoms with Gasteiger partial charge < -0.3 is 14.0 Å². The zero-order valence-electron chi connectivity index (χ0n) is 27.8. The predicted octanol–water partition coefficient (Wildman–Crippen LogP) is 8.90. The molecule has 0 spiro atoms. The normalized spacial score (nSPS) is 14.2. The number of nitrogens with zero attached hydrogens (tertiary/aromatic N) is 4. The summed E-state index contributed by atoms with van der Waals surface area (Å²) in [5.74, 6) is -0.144. The molecule has 0 amide bonds. The van der Waals surface area contributed by atoms with E-state index in [1.807, 2.05) is 35.8 Å². The van der Waals surface area contributed by atoms with Crippen LogP contribution < -0.4 is 4.74 Å². The summed E-state index contributed by atoms with van der Waals surface area (Å²) < 4.78 is 70.3. The summed E-state index contributed by atoms with van der Waals surface area (Å²) in [4.78, 5) is 15.2. The van der Waals surface area contributed by atoms with Crippen molar-refractivity contribution >= 4 is 39.2 Å². The van der Waals surface area contributed by atoms with Gasteiger partial charge >= 0.3 is 12.1 Å². The van der Waals surface area contributed by atoms with E-state index in [-0.39, 0.29) is 25.5 Å². The van der Waals surface area contributed by atoms with Crippen molar-refractivity contribution in [2.24, 2.45) is 7.05 Å². The highest BCUT2D eigenvalue weighted by atomic mass is 35.5. The van der Waals surface area contributed by atoms with Crippen LogP contribution in [0.1, 0.15) is 60.5 Å². The lowest BCUT2D eigenvalue weighted by Gasteiger charge is -2.23. The lowest BCUT2D eigenvalue weighted by molar-refractivity contribution is -0.147. The minimum Gasteiger partial charge on any atom is -0.493 e. The highest BCUT2D eigenvalue weighted by Crippen LogP contribution is 2.43. The number of aromatic nitrogens is 3. The van der Waals surface area contributed by atoms with Crippen molar-refractivity contribution < 1.29 is 31.8 Å². The molecule has 0 saturated heterocycles. The van der Waals surface area contributed by atoms with Crippen LogP contribution >= 0.6 is 11.6 Å². The van der Waals surface area contributed by atoms with Gasteiger partial charge in [-0.2, -0.15) is 18.3 Å². The third kappa shape index (κ3) is 7.14. The minimum atomic E-state index is -4.37. The molecule has 7 nitrogen and oxygen atoms in total. The Morgan fingerprint density at radius 3 is 2.55 bits per heavy atom. The van der Waals surface area contributed by atoms with Gasteiger partial charge in [-0.05, 0) is 86.9 Å². The maximum absolute atomic E-state index is 13.8. The summed E-state index contributed by atoms with van der Waals surface area (Å²) >= 11 is 7.03. The largest absolute Gasteiger partial charge is 0.493 e. The van der Waals surface area contributed by atoms with Gasteiger partial charge in [0.2, 0.25) is 0 Å². The minimum absolute atomic E-state index is 0.00580. The smallest absolute Gasteiger partial charge is 0.401 e. The standard InChI is InChI=1S/C37H39ClF4N4O3/c1-4-30-33-29(43-44(30)3)21-45(22-37(40,41)42)17-6-7-18-46-34-27(15-16-28(38)32(33)34)26(35(46)36(47)48-5-2)11-9-19-49-31-12-8-10-23-20-24(39)13-14-25(23)31/h8,10,12-16,20H,4-7,9,11,17-19,21-22H2,1-3H3. The molecule has 260 valence electrons. The summed E-state index contributed by atoms with van der Waals surface area (Å²) in [6, 6.07) is 13.8. The number of alkyl halides is 3. The molecule has 6 rings (SSSR count). The number of hydrogen-bond acceptors (Lipinski definition) is 5. The Bertz CT molecular complexity index is 2000. The maximum Gasteiger partial charge on any atom is 0.401 e. The lowest BCUT2D eigenvalue weighted by atomic mass is 9.97. The molecule has 0 N–H and O–H groups in total. The van der Waals surface area contributed by atoms with E-state index in [0.717, 1.165) is 32.9 Å². The summed E-state index contributed by atoms with van der Waals surface area (Å²) in [5.41, 5.74) is 4.66. The van der Waals surface area contributed by atoms with Gasteiger partial charge in [0, 0.05) is 47.7 Å². The van der Waals surface area contributed by atoms with Crippen molar-refractivity contribution in [1.82, 2.24) is 19.2 Å². The molecule has 0 unspecified atom stereocenters. The fourth-order valence-corrected chi connectivity index (χ4v) is 7.38. The quantitative estimate of drug-likeness (QED) is 0.0875. The third-order valence-electron chi connectivity index (χ3n) is 9.08. The van der Waals surface area contributed by atoms with Crippen LogP contribution in [0, 0.1) is 5.82 Å². The zero-order valence-corrected chi connectivity index (χ0v) is 28.6. The molecule has 5 aromatic rings. The second-order valence-corrected chi connectivity index (χ2v) is 12.8. The van der Waals surface area contributed by atoms with Crippen molar-refractivity contribution in [2.45, 2.75) is 65.2 Å². The van der Waals surface area contributed by atoms with E-state index in [4.69, 9.17) is 26.2 Å². The van der Waals surface area contributed by atoms with Gasteiger partial charge in [-0.3, -0.25) is 9.58 Å². The molecule has 49 heavy (non-hydrogen) atoms. The second kappa shape index (κ2) is 14.4. The molecular formula is C37H39ClF4N4O3. The van der Waals surface area contributed by atoms with Gasteiger partial charge in [0.25, 0.3) is 0 Å². The monoisotopic (exact) mass is 698 g/mol. The molecule has 0 saturated carbocycles. The van der Waals surface area contributed by atoms with Crippen LogP contribution in [0.15, 0.2) is 48.5 Å². The van der Waals surface area contributed by atoms with Crippen molar-refractivity contribution in [3.05, 3.63) is 82.0 Å². The topological polar surface area (TPSA) is 61.5 Å². The number of carbonyl (C=O) groups is 1. The Morgan fingerprint density at radius 1 is 1.02 bits per heavy atom. The predicted molar refractivity (Wildman–Crippen MR) is 183 cm³/mol. The number of ether oxygens (including phenoxy) is 2. The first-order chi connectivity index (χ1) is 23.5. The number of hydrogen-bond donors (Lipinski definition) is 0. The second-order valence-electron chi connectivity index (χ2n) is 12.4. The summed E-state index contributed by atoms with van der Waals surface area (Å²) in [6.45, 7) is 3.81. The Kier molecular flexibility index (Phi) is 10.2. The van der Waals surface area contributed by atoms with Crippen LogP contribution in [0.3, 0.4) is 0 Å². The molecule has 0 aliphatic carbocycles. The van der Waals surface area contributed by atoms with E-state index >= 15 is 0 Å². The first-order valence-corrected chi connectivity index (χ1v) is 17.0. The highest BCUT2D eigenvalue weighted by molar-refractivity contribution is 6.35. The molecule has 3 aromatic carbocycles. The van der Waals surface area contributed by atoms with Crippen LogP contribution in [-0.4, -0.2) is 57.7 Å². The van der Waals surface area contributed by atoms with Crippen molar-refractivity contribution in [2.75, 3.05) is 26.3 Å². The molecule has 0 bridgehead atoms. The number of benzene rings is 3. The molecule has 3 heterocycles. The number of aryl methyl sites for hydroxylation is 3. The van der Waals surface area contributed by atoms with Gasteiger partial charge in [0.1, 0.15) is 17.3 Å². The van der Waals surface area contributed by atoms with Crippen LogP contribution in [0.4, 0.5) is 17.6 Å². The van der Waals surface area contributed by atoms with Gasteiger partial charge in [0.05, 0.1) is 36.0 Å². The zero-order chi connectivity index (χ0) is 34.9. The van der Waals surface area contributed by atoms with E-state index < -0.39 is 18.7 Å². The van der Waals surface area contributed by atoms with Gasteiger partial charge in [-0.25, -0.2) is 9.18 Å². The van der Waals surface area contributed by atoms with Crippen molar-refractivity contribution in [1.29, 1.82) is 0 Å². The third-order valence-corrected chi connectivity index (χ3v) is 9.40. The van der Waals surface area contributed by atoms with E-state index in [9.17, 15) is 22.4 Å². The Hall–Kier alpha value is -4.09. The number of carbonyl (C=O) groups excluding carboxylic acids is 1. The molecule has 12 heteroatoms. The van der Waals surface area contributed by atoms with Crippen molar-refractivity contribution in [3.8, 4) is 16.9 Å². The van der Waals surface area contributed by atoms with Crippen LogP contribution in [0.2, 0.25) is 5.02 Å². The van der Waals surface area contributed by atoms with E-state index in [0.29, 0.717) is 78.5 Å². The molecule has 0 atom stereocenters. The molecule has 1 aliphatic heterocycles. The number of esters is 1. The average Bonchev–Trinajstić information content (AvgIpc) is 3.52.